The Morgan fingerprint density at radius 1 is 1.26 bits per heavy atom. The molecule has 1 aliphatic rings. The van der Waals surface area contributed by atoms with Gasteiger partial charge in [0.15, 0.2) is 0 Å². The van der Waals surface area contributed by atoms with Gasteiger partial charge in [0.1, 0.15) is 0 Å². The summed E-state index contributed by atoms with van der Waals surface area (Å²) in [5.41, 5.74) is 0.449. The fourth-order valence-corrected chi connectivity index (χ4v) is 2.02. The molecule has 0 heterocycles. The molecule has 2 amide bonds. The molecule has 1 aliphatic carbocycles. The summed E-state index contributed by atoms with van der Waals surface area (Å²) in [5, 5.41) is 15.2. The second-order valence-corrected chi connectivity index (χ2v) is 5.02. The first-order valence-electron chi connectivity index (χ1n) is 6.37. The topological polar surface area (TPSA) is 78.4 Å². The molecule has 3 N–H and O–H groups in total. The summed E-state index contributed by atoms with van der Waals surface area (Å²) in [6, 6.07) is 6.64. The molecule has 0 bridgehead atoms. The van der Waals surface area contributed by atoms with Gasteiger partial charge in [0.05, 0.1) is 5.60 Å². The second-order valence-electron chi connectivity index (χ2n) is 5.02. The highest BCUT2D eigenvalue weighted by Crippen LogP contribution is 2.30. The van der Waals surface area contributed by atoms with E-state index in [1.54, 1.807) is 24.3 Å². The monoisotopic (exact) mass is 262 g/mol. The minimum absolute atomic E-state index is 0.149. The first-order chi connectivity index (χ1) is 8.98. The van der Waals surface area contributed by atoms with E-state index in [4.69, 9.17) is 0 Å². The summed E-state index contributed by atoms with van der Waals surface area (Å²) in [7, 11) is 0. The van der Waals surface area contributed by atoms with Crippen LogP contribution < -0.4 is 10.6 Å². The van der Waals surface area contributed by atoms with Crippen molar-refractivity contribution in [3.8, 4) is 0 Å². The Kier molecular flexibility index (Phi) is 3.85. The number of rotatable bonds is 4. The smallest absolute Gasteiger partial charge is 0.251 e. The largest absolute Gasteiger partial charge is 0.388 e. The molecule has 2 rings (SSSR count). The maximum Gasteiger partial charge on any atom is 0.251 e. The van der Waals surface area contributed by atoms with Gasteiger partial charge in [-0.2, -0.15) is 0 Å². The van der Waals surface area contributed by atoms with Gasteiger partial charge in [0.2, 0.25) is 5.91 Å². The standard InChI is InChI=1S/C14H18N2O3/c1-10(17)16-12-5-3-11(4-6-12)13(18)15-9-14(19)7-2-8-14/h3-6,19H,2,7-9H2,1H3,(H,15,18)(H,16,17). The Morgan fingerprint density at radius 3 is 2.37 bits per heavy atom. The summed E-state index contributed by atoms with van der Waals surface area (Å²) in [6.45, 7) is 1.72. The van der Waals surface area contributed by atoms with E-state index in [2.05, 4.69) is 10.6 Å². The number of amides is 2. The fourth-order valence-electron chi connectivity index (χ4n) is 2.02. The summed E-state index contributed by atoms with van der Waals surface area (Å²) < 4.78 is 0. The van der Waals surface area contributed by atoms with Gasteiger partial charge in [-0.3, -0.25) is 9.59 Å². The number of hydrogen-bond donors (Lipinski definition) is 3. The number of carbonyl (C=O) groups is 2. The fraction of sp³-hybridized carbons (Fsp3) is 0.429. The Bertz CT molecular complexity index is 478. The van der Waals surface area contributed by atoms with E-state index in [-0.39, 0.29) is 11.8 Å². The number of nitrogens with one attached hydrogen (secondary N) is 2. The predicted octanol–water partition coefficient (Wildman–Crippen LogP) is 1.29. The van der Waals surface area contributed by atoms with Crippen molar-refractivity contribution in [1.29, 1.82) is 0 Å². The molecule has 0 unspecified atom stereocenters. The van der Waals surface area contributed by atoms with Crippen molar-refractivity contribution in [2.24, 2.45) is 0 Å². The molecule has 0 atom stereocenters. The van der Waals surface area contributed by atoms with E-state index < -0.39 is 5.60 Å². The number of hydrogen-bond acceptors (Lipinski definition) is 3. The van der Waals surface area contributed by atoms with Crippen LogP contribution in [0.4, 0.5) is 5.69 Å². The van der Waals surface area contributed by atoms with E-state index in [0.29, 0.717) is 17.8 Å². The molecule has 1 aromatic rings. The highest BCUT2D eigenvalue weighted by atomic mass is 16.3. The lowest BCUT2D eigenvalue weighted by Gasteiger charge is -2.36. The summed E-state index contributed by atoms with van der Waals surface area (Å²) in [4.78, 5) is 22.7. The van der Waals surface area contributed by atoms with Gasteiger partial charge < -0.3 is 15.7 Å². The lowest BCUT2D eigenvalue weighted by Crippen LogP contribution is -2.47. The minimum Gasteiger partial charge on any atom is -0.388 e. The highest BCUT2D eigenvalue weighted by molar-refractivity contribution is 5.95. The average molecular weight is 262 g/mol. The second kappa shape index (κ2) is 5.40. The van der Waals surface area contributed by atoms with Crippen molar-refractivity contribution in [1.82, 2.24) is 5.32 Å². The molecule has 5 nitrogen and oxygen atoms in total. The molecule has 0 radical (unpaired) electrons. The molecule has 0 saturated heterocycles. The normalized spacial score (nSPS) is 16.3. The van der Waals surface area contributed by atoms with Crippen molar-refractivity contribution in [2.45, 2.75) is 31.8 Å². The molecular formula is C14H18N2O3. The van der Waals surface area contributed by atoms with Crippen LogP contribution in [0.15, 0.2) is 24.3 Å². The van der Waals surface area contributed by atoms with Crippen molar-refractivity contribution >= 4 is 17.5 Å². The van der Waals surface area contributed by atoms with Crippen LogP contribution in [-0.2, 0) is 4.79 Å². The summed E-state index contributed by atoms with van der Waals surface area (Å²) in [6.07, 6.45) is 2.50. The molecule has 1 saturated carbocycles. The van der Waals surface area contributed by atoms with E-state index in [1.165, 1.54) is 6.92 Å². The van der Waals surface area contributed by atoms with E-state index in [1.807, 2.05) is 0 Å². The third-order valence-corrected chi connectivity index (χ3v) is 3.33. The van der Waals surface area contributed by atoms with Gasteiger partial charge in [-0.25, -0.2) is 0 Å². The summed E-state index contributed by atoms with van der Waals surface area (Å²) >= 11 is 0. The third-order valence-electron chi connectivity index (χ3n) is 3.33. The first kappa shape index (κ1) is 13.5. The molecule has 1 aromatic carbocycles. The molecule has 102 valence electrons. The van der Waals surface area contributed by atoms with Gasteiger partial charge in [-0.05, 0) is 43.5 Å². The van der Waals surface area contributed by atoms with Gasteiger partial charge in [-0.15, -0.1) is 0 Å². The van der Waals surface area contributed by atoms with Crippen LogP contribution in [0, 0.1) is 0 Å². The zero-order chi connectivity index (χ0) is 13.9. The minimum atomic E-state index is -0.716. The maximum absolute atomic E-state index is 11.9. The molecule has 19 heavy (non-hydrogen) atoms. The lowest BCUT2D eigenvalue weighted by molar-refractivity contribution is -0.114. The van der Waals surface area contributed by atoms with Crippen molar-refractivity contribution in [3.05, 3.63) is 29.8 Å². The zero-order valence-corrected chi connectivity index (χ0v) is 10.9. The molecule has 0 aliphatic heterocycles. The molecule has 0 aromatic heterocycles. The van der Waals surface area contributed by atoms with Gasteiger partial charge in [0, 0.05) is 24.7 Å². The van der Waals surface area contributed by atoms with Crippen LogP contribution in [0.3, 0.4) is 0 Å². The van der Waals surface area contributed by atoms with E-state index >= 15 is 0 Å². The van der Waals surface area contributed by atoms with Crippen LogP contribution >= 0.6 is 0 Å². The van der Waals surface area contributed by atoms with Gasteiger partial charge in [0.25, 0.3) is 5.91 Å². The Balaban J connectivity index is 1.90. The molecule has 5 heteroatoms. The van der Waals surface area contributed by atoms with Gasteiger partial charge >= 0.3 is 0 Å². The van der Waals surface area contributed by atoms with E-state index in [0.717, 1.165) is 19.3 Å². The van der Waals surface area contributed by atoms with Crippen molar-refractivity contribution in [3.63, 3.8) is 0 Å². The van der Waals surface area contributed by atoms with E-state index in [9.17, 15) is 14.7 Å². The SMILES string of the molecule is CC(=O)Nc1ccc(C(=O)NCC2(O)CCC2)cc1. The number of benzene rings is 1. The summed E-state index contributed by atoms with van der Waals surface area (Å²) in [5.74, 6) is -0.362. The lowest BCUT2D eigenvalue weighted by atomic mass is 9.80. The molecule has 0 spiro atoms. The Hall–Kier alpha value is -1.88. The van der Waals surface area contributed by atoms with Crippen LogP contribution in [0.1, 0.15) is 36.5 Å². The number of carbonyl (C=O) groups excluding carboxylic acids is 2. The van der Waals surface area contributed by atoms with Gasteiger partial charge in [-0.1, -0.05) is 0 Å². The number of aliphatic hydroxyl groups is 1. The quantitative estimate of drug-likeness (QED) is 0.765. The van der Waals surface area contributed by atoms with Crippen LogP contribution in [0.25, 0.3) is 0 Å². The zero-order valence-electron chi connectivity index (χ0n) is 10.9. The van der Waals surface area contributed by atoms with Crippen molar-refractivity contribution in [2.75, 3.05) is 11.9 Å². The number of anilines is 1. The molecule has 1 fully saturated rings. The highest BCUT2D eigenvalue weighted by Gasteiger charge is 2.34. The van der Waals surface area contributed by atoms with Crippen LogP contribution in [0.2, 0.25) is 0 Å². The Morgan fingerprint density at radius 2 is 1.89 bits per heavy atom. The molecular weight excluding hydrogens is 244 g/mol. The van der Waals surface area contributed by atoms with Crippen LogP contribution in [0.5, 0.6) is 0 Å². The first-order valence-corrected chi connectivity index (χ1v) is 6.37. The average Bonchev–Trinajstić information content (AvgIpc) is 2.34. The third kappa shape index (κ3) is 3.54. The van der Waals surface area contributed by atoms with Crippen molar-refractivity contribution < 1.29 is 14.7 Å². The van der Waals surface area contributed by atoms with Crippen LogP contribution in [-0.4, -0.2) is 29.1 Å². The Labute approximate surface area is 112 Å². The predicted molar refractivity (Wildman–Crippen MR) is 71.9 cm³/mol. The maximum atomic E-state index is 11.9.